The first-order valence-corrected chi connectivity index (χ1v) is 9.24. The summed E-state index contributed by atoms with van der Waals surface area (Å²) in [6, 6.07) is 3.76. The van der Waals surface area contributed by atoms with Crippen molar-refractivity contribution >= 4 is 21.4 Å². The van der Waals surface area contributed by atoms with Crippen LogP contribution in [0.25, 0.3) is 0 Å². The van der Waals surface area contributed by atoms with Gasteiger partial charge in [0.05, 0.1) is 11.9 Å². The Kier molecular flexibility index (Phi) is 5.00. The van der Waals surface area contributed by atoms with E-state index < -0.39 is 16.1 Å². The van der Waals surface area contributed by atoms with Crippen molar-refractivity contribution in [3.63, 3.8) is 0 Å². The fourth-order valence-electron chi connectivity index (χ4n) is 2.64. The number of rotatable bonds is 6. The highest BCUT2D eigenvalue weighted by Crippen LogP contribution is 2.31. The molecule has 2 atom stereocenters. The Labute approximate surface area is 119 Å². The van der Waals surface area contributed by atoms with E-state index in [1.54, 1.807) is 4.31 Å². The Morgan fingerprint density at radius 3 is 3.00 bits per heavy atom. The molecule has 6 heteroatoms. The maximum absolute atomic E-state index is 12.2. The van der Waals surface area contributed by atoms with Gasteiger partial charge in [0.1, 0.15) is 0 Å². The summed E-state index contributed by atoms with van der Waals surface area (Å²) in [5.74, 6) is 0.207. The van der Waals surface area contributed by atoms with Crippen molar-refractivity contribution in [2.24, 2.45) is 0 Å². The van der Waals surface area contributed by atoms with E-state index in [0.717, 1.165) is 17.7 Å². The molecule has 1 aromatic rings. The van der Waals surface area contributed by atoms with Crippen LogP contribution in [0, 0.1) is 0 Å². The molecule has 2 heterocycles. The van der Waals surface area contributed by atoms with Crippen molar-refractivity contribution in [1.82, 2.24) is 4.31 Å². The molecule has 2 rings (SSSR count). The summed E-state index contributed by atoms with van der Waals surface area (Å²) >= 11 is 1.52. The third-order valence-electron chi connectivity index (χ3n) is 3.51. The minimum absolute atomic E-state index is 0.0475. The summed E-state index contributed by atoms with van der Waals surface area (Å²) in [7, 11) is -3.15. The number of aliphatic hydroxyl groups is 1. The van der Waals surface area contributed by atoms with Crippen molar-refractivity contribution in [2.75, 3.05) is 12.3 Å². The van der Waals surface area contributed by atoms with Gasteiger partial charge in [-0.25, -0.2) is 8.42 Å². The van der Waals surface area contributed by atoms with Gasteiger partial charge in [-0.15, -0.1) is 11.3 Å². The highest BCUT2D eigenvalue weighted by atomic mass is 32.2. The van der Waals surface area contributed by atoms with Gasteiger partial charge in [0, 0.05) is 17.5 Å². The molecule has 0 saturated carbocycles. The maximum atomic E-state index is 12.2. The Balaban J connectivity index is 2.03. The third kappa shape index (κ3) is 3.56. The lowest BCUT2D eigenvalue weighted by molar-refractivity contribution is 0.145. The van der Waals surface area contributed by atoms with E-state index in [4.69, 9.17) is 0 Å². The molecule has 1 N–H and O–H groups in total. The van der Waals surface area contributed by atoms with Crippen LogP contribution >= 0.6 is 11.3 Å². The van der Waals surface area contributed by atoms with Crippen LogP contribution in [0.4, 0.5) is 0 Å². The number of thiophene rings is 1. The molecule has 0 spiro atoms. The van der Waals surface area contributed by atoms with Gasteiger partial charge in [-0.2, -0.15) is 4.31 Å². The molecule has 19 heavy (non-hydrogen) atoms. The number of aliphatic hydroxyl groups excluding tert-OH is 1. The number of hydrogen-bond donors (Lipinski definition) is 1. The summed E-state index contributed by atoms with van der Waals surface area (Å²) in [5.41, 5.74) is 0. The molecule has 1 fully saturated rings. The minimum atomic E-state index is -3.15. The van der Waals surface area contributed by atoms with Crippen LogP contribution in [0.3, 0.4) is 0 Å². The Morgan fingerprint density at radius 2 is 2.37 bits per heavy atom. The highest BCUT2D eigenvalue weighted by molar-refractivity contribution is 7.89. The number of nitrogens with zero attached hydrogens (tertiary/aromatic N) is 1. The van der Waals surface area contributed by atoms with Gasteiger partial charge in [-0.1, -0.05) is 13.0 Å². The van der Waals surface area contributed by atoms with Gasteiger partial charge in [0.25, 0.3) is 0 Å². The van der Waals surface area contributed by atoms with Crippen LogP contribution in [-0.4, -0.2) is 36.2 Å². The molecular formula is C13H21NO3S2. The van der Waals surface area contributed by atoms with Crippen molar-refractivity contribution in [3.05, 3.63) is 22.4 Å². The average Bonchev–Trinajstić information content (AvgIpc) is 2.99. The van der Waals surface area contributed by atoms with Gasteiger partial charge < -0.3 is 5.11 Å². The lowest BCUT2D eigenvalue weighted by Gasteiger charge is -2.25. The van der Waals surface area contributed by atoms with E-state index in [1.807, 2.05) is 24.4 Å². The van der Waals surface area contributed by atoms with Crippen molar-refractivity contribution < 1.29 is 13.5 Å². The van der Waals surface area contributed by atoms with Gasteiger partial charge in [-0.3, -0.25) is 0 Å². The predicted molar refractivity (Wildman–Crippen MR) is 77.7 cm³/mol. The summed E-state index contributed by atoms with van der Waals surface area (Å²) in [5, 5.41) is 12.1. The fraction of sp³-hybridized carbons (Fsp3) is 0.692. The molecule has 2 unspecified atom stereocenters. The molecule has 1 aliphatic rings. The molecule has 1 aromatic heterocycles. The summed E-state index contributed by atoms with van der Waals surface area (Å²) in [4.78, 5) is 0.916. The summed E-state index contributed by atoms with van der Waals surface area (Å²) < 4.78 is 25.9. The lowest BCUT2D eigenvalue weighted by Crippen LogP contribution is -2.37. The second-order valence-corrected chi connectivity index (χ2v) is 8.01. The Hall–Kier alpha value is -0.430. The maximum Gasteiger partial charge on any atom is 0.214 e. The number of hydrogen-bond acceptors (Lipinski definition) is 4. The van der Waals surface area contributed by atoms with Crippen LogP contribution in [0.15, 0.2) is 17.5 Å². The van der Waals surface area contributed by atoms with E-state index in [2.05, 4.69) is 0 Å². The van der Waals surface area contributed by atoms with Gasteiger partial charge in [0.15, 0.2) is 0 Å². The highest BCUT2D eigenvalue weighted by Gasteiger charge is 2.34. The Bertz CT molecular complexity index is 484. The van der Waals surface area contributed by atoms with Crippen LogP contribution in [0.5, 0.6) is 0 Å². The normalized spacial score (nSPS) is 22.7. The molecule has 108 valence electrons. The molecule has 1 saturated heterocycles. The summed E-state index contributed by atoms with van der Waals surface area (Å²) in [6.45, 7) is 2.48. The lowest BCUT2D eigenvalue weighted by atomic mass is 10.1. The second kappa shape index (κ2) is 6.35. The fourth-order valence-corrected chi connectivity index (χ4v) is 5.17. The third-order valence-corrected chi connectivity index (χ3v) is 6.60. The van der Waals surface area contributed by atoms with Crippen LogP contribution in [0.2, 0.25) is 0 Å². The standard InChI is InChI=1S/C13H21NO3S2/c1-2-9-19(16,17)14-7-3-5-11(14)10-12(15)13-6-4-8-18-13/h4,6,8,11-12,15H,2-3,5,7,9-10H2,1H3. The first-order valence-electron chi connectivity index (χ1n) is 6.75. The van der Waals surface area contributed by atoms with Crippen LogP contribution in [0.1, 0.15) is 43.6 Å². The molecule has 4 nitrogen and oxygen atoms in total. The Morgan fingerprint density at radius 1 is 1.58 bits per heavy atom. The molecule has 1 aliphatic heterocycles. The number of sulfonamides is 1. The topological polar surface area (TPSA) is 57.6 Å². The first kappa shape index (κ1) is 15.0. The van der Waals surface area contributed by atoms with E-state index in [9.17, 15) is 13.5 Å². The SMILES string of the molecule is CCCS(=O)(=O)N1CCCC1CC(O)c1cccs1. The van der Waals surface area contributed by atoms with Crippen LogP contribution < -0.4 is 0 Å². The molecule has 0 aliphatic carbocycles. The average molecular weight is 303 g/mol. The van der Waals surface area contributed by atoms with E-state index in [1.165, 1.54) is 11.3 Å². The monoisotopic (exact) mass is 303 g/mol. The van der Waals surface area contributed by atoms with E-state index >= 15 is 0 Å². The smallest absolute Gasteiger partial charge is 0.214 e. The van der Waals surface area contributed by atoms with Crippen molar-refractivity contribution in [2.45, 2.75) is 44.8 Å². The predicted octanol–water partition coefficient (Wildman–Crippen LogP) is 2.38. The van der Waals surface area contributed by atoms with Gasteiger partial charge in [0.2, 0.25) is 10.0 Å². The molecule has 0 radical (unpaired) electrons. The molecule has 0 aromatic carbocycles. The minimum Gasteiger partial charge on any atom is -0.388 e. The molecule has 0 amide bonds. The zero-order valence-corrected chi connectivity index (χ0v) is 12.8. The van der Waals surface area contributed by atoms with Gasteiger partial charge in [-0.05, 0) is 37.1 Å². The second-order valence-electron chi connectivity index (χ2n) is 4.99. The molecular weight excluding hydrogens is 282 g/mol. The van der Waals surface area contributed by atoms with Crippen molar-refractivity contribution in [1.29, 1.82) is 0 Å². The largest absolute Gasteiger partial charge is 0.388 e. The van der Waals surface area contributed by atoms with E-state index in [0.29, 0.717) is 19.4 Å². The quantitative estimate of drug-likeness (QED) is 0.878. The summed E-state index contributed by atoms with van der Waals surface area (Å²) in [6.07, 6.45) is 2.33. The van der Waals surface area contributed by atoms with Crippen LogP contribution in [-0.2, 0) is 10.0 Å². The zero-order chi connectivity index (χ0) is 13.9. The zero-order valence-electron chi connectivity index (χ0n) is 11.2. The molecule has 0 bridgehead atoms. The van der Waals surface area contributed by atoms with E-state index in [-0.39, 0.29) is 11.8 Å². The first-order chi connectivity index (χ1) is 9.04. The van der Waals surface area contributed by atoms with Gasteiger partial charge >= 0.3 is 0 Å². The van der Waals surface area contributed by atoms with Crippen molar-refractivity contribution in [3.8, 4) is 0 Å².